The van der Waals surface area contributed by atoms with E-state index in [1.807, 2.05) is 0 Å². The predicted molar refractivity (Wildman–Crippen MR) is 67.0 cm³/mol. The average Bonchev–Trinajstić information content (AvgIpc) is 2.51. The van der Waals surface area contributed by atoms with Crippen molar-refractivity contribution in [2.24, 2.45) is 11.1 Å². The molecule has 0 amide bonds. The molecule has 1 unspecified atom stereocenters. The number of nitriles is 1. The fourth-order valence-electron chi connectivity index (χ4n) is 2.07. The topological polar surface area (TPSA) is 96.0 Å². The van der Waals surface area contributed by atoms with Crippen LogP contribution in [0, 0.1) is 17.2 Å². The highest BCUT2D eigenvalue weighted by molar-refractivity contribution is 7.90. The molecule has 7 heteroatoms. The van der Waals surface area contributed by atoms with Crippen LogP contribution in [0.4, 0.5) is 5.00 Å². The Morgan fingerprint density at radius 3 is 2.88 bits per heavy atom. The normalized spacial score (nSPS) is 19.5. The monoisotopic (exact) mass is 271 g/mol. The Balaban J connectivity index is 2.45. The number of thiophene rings is 1. The van der Waals surface area contributed by atoms with Crippen molar-refractivity contribution in [2.75, 3.05) is 4.72 Å². The van der Waals surface area contributed by atoms with E-state index < -0.39 is 10.2 Å². The Kier molecular flexibility index (Phi) is 3.12. The average molecular weight is 271 g/mol. The second-order valence-electron chi connectivity index (χ2n) is 4.31. The summed E-state index contributed by atoms with van der Waals surface area (Å²) in [6.45, 7) is 2.15. The Morgan fingerprint density at radius 1 is 1.59 bits per heavy atom. The lowest BCUT2D eigenvalue weighted by Gasteiger charge is -2.17. The van der Waals surface area contributed by atoms with Crippen molar-refractivity contribution in [3.8, 4) is 6.07 Å². The summed E-state index contributed by atoms with van der Waals surface area (Å²) < 4.78 is 24.2. The number of nitrogens with two attached hydrogens (primary N) is 1. The molecule has 1 atom stereocenters. The zero-order valence-electron chi connectivity index (χ0n) is 9.36. The van der Waals surface area contributed by atoms with E-state index in [1.165, 1.54) is 11.3 Å². The van der Waals surface area contributed by atoms with Crippen molar-refractivity contribution in [1.29, 1.82) is 5.26 Å². The number of hydrogen-bond acceptors (Lipinski definition) is 4. The second-order valence-corrected chi connectivity index (χ2v) is 6.71. The Labute approximate surface area is 104 Å². The van der Waals surface area contributed by atoms with Crippen LogP contribution < -0.4 is 9.86 Å². The van der Waals surface area contributed by atoms with Gasteiger partial charge in [-0.1, -0.05) is 6.92 Å². The molecule has 1 aliphatic rings. The molecule has 0 spiro atoms. The summed E-state index contributed by atoms with van der Waals surface area (Å²) in [5.41, 5.74) is 1.42. The molecule has 0 saturated carbocycles. The summed E-state index contributed by atoms with van der Waals surface area (Å²) >= 11 is 1.32. The molecule has 0 aromatic carbocycles. The summed E-state index contributed by atoms with van der Waals surface area (Å²) in [6, 6.07) is 2.07. The van der Waals surface area contributed by atoms with Gasteiger partial charge in [0.2, 0.25) is 0 Å². The Hall–Kier alpha value is -1.10. The summed E-state index contributed by atoms with van der Waals surface area (Å²) in [5.74, 6) is 0.579. The van der Waals surface area contributed by atoms with Crippen LogP contribution in [0.2, 0.25) is 0 Å². The largest absolute Gasteiger partial charge is 0.297 e. The lowest BCUT2D eigenvalue weighted by atomic mass is 9.89. The third-order valence-corrected chi connectivity index (χ3v) is 4.65. The van der Waals surface area contributed by atoms with Gasteiger partial charge in [0, 0.05) is 4.88 Å². The number of nitrogens with one attached hydrogen (secondary N) is 1. The summed E-state index contributed by atoms with van der Waals surface area (Å²) in [6.07, 6.45) is 2.77. The van der Waals surface area contributed by atoms with E-state index in [0.717, 1.165) is 29.7 Å². The van der Waals surface area contributed by atoms with Crippen LogP contribution >= 0.6 is 11.3 Å². The molecular weight excluding hydrogens is 258 g/mol. The molecule has 3 N–H and O–H groups in total. The molecule has 0 radical (unpaired) electrons. The van der Waals surface area contributed by atoms with E-state index in [-0.39, 0.29) is 0 Å². The van der Waals surface area contributed by atoms with Gasteiger partial charge in [0.05, 0.1) is 5.56 Å². The Morgan fingerprint density at radius 2 is 2.29 bits per heavy atom. The molecule has 1 heterocycles. The van der Waals surface area contributed by atoms with Crippen LogP contribution in [0.5, 0.6) is 0 Å². The first-order valence-corrected chi connectivity index (χ1v) is 7.62. The van der Waals surface area contributed by atoms with Gasteiger partial charge in [-0.05, 0) is 30.7 Å². The molecule has 1 aliphatic carbocycles. The zero-order valence-corrected chi connectivity index (χ0v) is 11.0. The van der Waals surface area contributed by atoms with Gasteiger partial charge in [-0.15, -0.1) is 11.3 Å². The van der Waals surface area contributed by atoms with Crippen LogP contribution in [0.25, 0.3) is 0 Å². The fourth-order valence-corrected chi connectivity index (χ4v) is 4.16. The summed E-state index contributed by atoms with van der Waals surface area (Å²) in [4.78, 5) is 1.10. The first-order valence-electron chi connectivity index (χ1n) is 5.26. The molecule has 2 rings (SSSR count). The first kappa shape index (κ1) is 12.4. The molecule has 0 bridgehead atoms. The van der Waals surface area contributed by atoms with Gasteiger partial charge in [-0.25, -0.2) is 5.14 Å². The minimum absolute atomic E-state index is 0.356. The van der Waals surface area contributed by atoms with E-state index in [1.54, 1.807) is 0 Å². The minimum atomic E-state index is -3.81. The van der Waals surface area contributed by atoms with Crippen molar-refractivity contribution in [3.05, 3.63) is 16.0 Å². The van der Waals surface area contributed by atoms with Gasteiger partial charge in [0.25, 0.3) is 10.2 Å². The van der Waals surface area contributed by atoms with Crippen LogP contribution in [0.15, 0.2) is 0 Å². The number of anilines is 1. The van der Waals surface area contributed by atoms with E-state index in [4.69, 9.17) is 10.4 Å². The number of fused-ring (bicyclic) bond motifs is 1. The molecule has 0 fully saturated rings. The summed E-state index contributed by atoms with van der Waals surface area (Å²) in [7, 11) is -3.81. The highest BCUT2D eigenvalue weighted by Gasteiger charge is 2.24. The first-order chi connectivity index (χ1) is 7.90. The quantitative estimate of drug-likeness (QED) is 0.850. The maximum absolute atomic E-state index is 11.0. The number of hydrogen-bond donors (Lipinski definition) is 2. The van der Waals surface area contributed by atoms with Gasteiger partial charge < -0.3 is 0 Å². The molecule has 0 aliphatic heterocycles. The van der Waals surface area contributed by atoms with Crippen molar-refractivity contribution in [2.45, 2.75) is 26.2 Å². The summed E-state index contributed by atoms with van der Waals surface area (Å²) in [5, 5.41) is 14.4. The number of rotatable bonds is 2. The van der Waals surface area contributed by atoms with Crippen LogP contribution in [-0.2, 0) is 23.1 Å². The third-order valence-electron chi connectivity index (χ3n) is 2.86. The van der Waals surface area contributed by atoms with Crippen LogP contribution in [-0.4, -0.2) is 8.42 Å². The highest BCUT2D eigenvalue weighted by atomic mass is 32.2. The van der Waals surface area contributed by atoms with E-state index >= 15 is 0 Å². The minimum Gasteiger partial charge on any atom is -0.261 e. The second kappa shape index (κ2) is 4.29. The zero-order chi connectivity index (χ0) is 12.6. The van der Waals surface area contributed by atoms with E-state index in [2.05, 4.69) is 17.7 Å². The lowest BCUT2D eigenvalue weighted by molar-refractivity contribution is 0.507. The molecule has 0 saturated heterocycles. The fraction of sp³-hybridized carbons (Fsp3) is 0.500. The molecule has 17 heavy (non-hydrogen) atoms. The van der Waals surface area contributed by atoms with E-state index in [0.29, 0.717) is 16.5 Å². The maximum atomic E-state index is 11.0. The SMILES string of the molecule is CC1CCc2c(sc(NS(N)(=O)=O)c2C#N)C1. The molecule has 92 valence electrons. The van der Waals surface area contributed by atoms with Gasteiger partial charge in [-0.2, -0.15) is 13.7 Å². The lowest BCUT2D eigenvalue weighted by Crippen LogP contribution is -2.21. The molecule has 5 nitrogen and oxygen atoms in total. The van der Waals surface area contributed by atoms with Crippen molar-refractivity contribution < 1.29 is 8.42 Å². The predicted octanol–water partition coefficient (Wildman–Crippen LogP) is 1.36. The van der Waals surface area contributed by atoms with Crippen molar-refractivity contribution >= 4 is 26.5 Å². The smallest absolute Gasteiger partial charge is 0.261 e. The molecular formula is C10H13N3O2S2. The Bertz CT molecular complexity index is 583. The maximum Gasteiger partial charge on any atom is 0.297 e. The van der Waals surface area contributed by atoms with Gasteiger partial charge in [0.15, 0.2) is 0 Å². The van der Waals surface area contributed by atoms with Gasteiger partial charge >= 0.3 is 0 Å². The van der Waals surface area contributed by atoms with Gasteiger partial charge in [0.1, 0.15) is 11.1 Å². The van der Waals surface area contributed by atoms with E-state index in [9.17, 15) is 8.42 Å². The van der Waals surface area contributed by atoms with Crippen LogP contribution in [0.3, 0.4) is 0 Å². The van der Waals surface area contributed by atoms with Crippen molar-refractivity contribution in [3.63, 3.8) is 0 Å². The highest BCUT2D eigenvalue weighted by Crippen LogP contribution is 2.39. The van der Waals surface area contributed by atoms with Gasteiger partial charge in [-0.3, -0.25) is 4.72 Å². The third kappa shape index (κ3) is 2.60. The number of nitrogens with zero attached hydrogens (tertiary/aromatic N) is 1. The molecule has 1 aromatic rings. The molecule has 1 aromatic heterocycles. The standard InChI is InChI=1S/C10H13N3O2S2/c1-6-2-3-7-8(5-11)10(13-17(12,14)15)16-9(7)4-6/h6,13H,2-4H2,1H3,(H2,12,14,15). The van der Waals surface area contributed by atoms with Crippen molar-refractivity contribution in [1.82, 2.24) is 0 Å². The van der Waals surface area contributed by atoms with Crippen LogP contribution in [0.1, 0.15) is 29.3 Å².